The standard InChI is InChI=1S/C10H9ClF3NOS/c11-4-3-8(16)6-1-2-7(15)9(5-6)17-10(12,13)14/h1-2,5H,3-4,15H2. The van der Waals surface area contributed by atoms with E-state index in [1.165, 1.54) is 12.1 Å². The lowest BCUT2D eigenvalue weighted by Crippen LogP contribution is -2.04. The highest BCUT2D eigenvalue weighted by Crippen LogP contribution is 2.39. The van der Waals surface area contributed by atoms with E-state index in [1.54, 1.807) is 0 Å². The molecule has 0 aliphatic rings. The van der Waals surface area contributed by atoms with Gasteiger partial charge in [-0.05, 0) is 30.0 Å². The number of ketones is 1. The molecular formula is C10H9ClF3NOS. The summed E-state index contributed by atoms with van der Waals surface area (Å²) in [6.45, 7) is 0. The topological polar surface area (TPSA) is 43.1 Å². The van der Waals surface area contributed by atoms with Crippen LogP contribution in [0.3, 0.4) is 0 Å². The van der Waals surface area contributed by atoms with Crippen LogP contribution in [0.15, 0.2) is 23.1 Å². The van der Waals surface area contributed by atoms with E-state index in [9.17, 15) is 18.0 Å². The third-order valence-corrected chi connectivity index (χ3v) is 2.88. The number of thioether (sulfide) groups is 1. The number of rotatable bonds is 4. The summed E-state index contributed by atoms with van der Waals surface area (Å²) in [7, 11) is 0. The summed E-state index contributed by atoms with van der Waals surface area (Å²) in [5.74, 6) is -0.172. The second-order valence-electron chi connectivity index (χ2n) is 3.16. The summed E-state index contributed by atoms with van der Waals surface area (Å²) in [6.07, 6.45) is 0.0849. The van der Waals surface area contributed by atoms with Crippen LogP contribution in [0.1, 0.15) is 16.8 Å². The average molecular weight is 284 g/mol. The number of anilines is 1. The van der Waals surface area contributed by atoms with E-state index >= 15 is 0 Å². The molecule has 0 unspecified atom stereocenters. The van der Waals surface area contributed by atoms with Crippen LogP contribution in [0.4, 0.5) is 18.9 Å². The maximum atomic E-state index is 12.2. The Morgan fingerprint density at radius 1 is 1.41 bits per heavy atom. The van der Waals surface area contributed by atoms with Crippen LogP contribution in [-0.4, -0.2) is 17.2 Å². The first-order valence-corrected chi connectivity index (χ1v) is 5.93. The highest BCUT2D eigenvalue weighted by Gasteiger charge is 2.30. The van der Waals surface area contributed by atoms with Crippen LogP contribution in [-0.2, 0) is 0 Å². The number of carbonyl (C=O) groups excluding carboxylic acids is 1. The monoisotopic (exact) mass is 283 g/mol. The van der Waals surface area contributed by atoms with Crippen molar-refractivity contribution in [3.8, 4) is 0 Å². The van der Waals surface area contributed by atoms with Crippen molar-refractivity contribution in [2.24, 2.45) is 0 Å². The van der Waals surface area contributed by atoms with Crippen LogP contribution in [0, 0.1) is 0 Å². The second kappa shape index (κ2) is 5.64. The number of halogens is 4. The molecule has 0 atom stereocenters. The number of nitrogens with two attached hydrogens (primary N) is 1. The third kappa shape index (κ3) is 4.47. The number of benzene rings is 1. The molecule has 17 heavy (non-hydrogen) atoms. The van der Waals surface area contributed by atoms with Gasteiger partial charge in [-0.2, -0.15) is 13.2 Å². The Balaban J connectivity index is 2.98. The minimum Gasteiger partial charge on any atom is -0.398 e. The van der Waals surface area contributed by atoms with Gasteiger partial charge < -0.3 is 5.73 Å². The maximum Gasteiger partial charge on any atom is 0.446 e. The van der Waals surface area contributed by atoms with E-state index in [2.05, 4.69) is 0 Å². The summed E-state index contributed by atoms with van der Waals surface area (Å²) in [5, 5.41) is 0. The highest BCUT2D eigenvalue weighted by atomic mass is 35.5. The number of hydrogen-bond donors (Lipinski definition) is 1. The van der Waals surface area contributed by atoms with Gasteiger partial charge in [-0.25, -0.2) is 0 Å². The molecule has 0 fully saturated rings. The van der Waals surface area contributed by atoms with Gasteiger partial charge in [0.15, 0.2) is 5.78 Å². The Bertz CT molecular complexity index is 423. The molecule has 0 spiro atoms. The molecule has 0 heterocycles. The van der Waals surface area contributed by atoms with Gasteiger partial charge in [-0.15, -0.1) is 11.6 Å². The van der Waals surface area contributed by atoms with Crippen molar-refractivity contribution in [1.29, 1.82) is 0 Å². The number of carbonyl (C=O) groups is 1. The lowest BCUT2D eigenvalue weighted by atomic mass is 10.1. The minimum atomic E-state index is -4.43. The summed E-state index contributed by atoms with van der Waals surface area (Å²) in [5.41, 5.74) is 1.17. The Hall–Kier alpha value is -0.880. The summed E-state index contributed by atoms with van der Waals surface area (Å²) in [6, 6.07) is 3.82. The normalized spacial score (nSPS) is 11.5. The Morgan fingerprint density at radius 3 is 2.59 bits per heavy atom. The van der Waals surface area contributed by atoms with Gasteiger partial charge in [0, 0.05) is 28.4 Å². The van der Waals surface area contributed by atoms with Crippen LogP contribution < -0.4 is 5.73 Å². The quantitative estimate of drug-likeness (QED) is 0.397. The zero-order chi connectivity index (χ0) is 13.1. The van der Waals surface area contributed by atoms with Gasteiger partial charge in [0.25, 0.3) is 0 Å². The molecule has 0 saturated carbocycles. The minimum absolute atomic E-state index is 0.00486. The molecule has 0 radical (unpaired) electrons. The molecular weight excluding hydrogens is 275 g/mol. The van der Waals surface area contributed by atoms with E-state index in [1.807, 2.05) is 0 Å². The van der Waals surface area contributed by atoms with E-state index in [0.29, 0.717) is 0 Å². The molecule has 94 valence electrons. The first-order chi connectivity index (χ1) is 7.83. The van der Waals surface area contributed by atoms with Gasteiger partial charge in [-0.3, -0.25) is 4.79 Å². The fourth-order valence-corrected chi connectivity index (χ4v) is 1.94. The maximum absolute atomic E-state index is 12.2. The molecule has 1 rings (SSSR count). The lowest BCUT2D eigenvalue weighted by Gasteiger charge is -2.09. The molecule has 0 aliphatic carbocycles. The molecule has 0 aliphatic heterocycles. The van der Waals surface area contributed by atoms with Gasteiger partial charge in [0.05, 0.1) is 0 Å². The zero-order valence-corrected chi connectivity index (χ0v) is 10.1. The predicted molar refractivity (Wildman–Crippen MR) is 62.4 cm³/mol. The second-order valence-corrected chi connectivity index (χ2v) is 4.65. The van der Waals surface area contributed by atoms with Crippen molar-refractivity contribution >= 4 is 34.8 Å². The molecule has 1 aromatic rings. The van der Waals surface area contributed by atoms with Crippen molar-refractivity contribution in [2.75, 3.05) is 11.6 Å². The smallest absolute Gasteiger partial charge is 0.398 e. The van der Waals surface area contributed by atoms with Crippen molar-refractivity contribution in [1.82, 2.24) is 0 Å². The number of alkyl halides is 4. The fourth-order valence-electron chi connectivity index (χ4n) is 1.15. The molecule has 1 aromatic carbocycles. The molecule has 2 N–H and O–H groups in total. The van der Waals surface area contributed by atoms with E-state index < -0.39 is 5.51 Å². The SMILES string of the molecule is Nc1ccc(C(=O)CCCl)cc1SC(F)(F)F. The first kappa shape index (κ1) is 14.2. The van der Waals surface area contributed by atoms with Crippen LogP contribution in [0.5, 0.6) is 0 Å². The highest BCUT2D eigenvalue weighted by molar-refractivity contribution is 8.00. The summed E-state index contributed by atoms with van der Waals surface area (Å²) in [4.78, 5) is 11.3. The largest absolute Gasteiger partial charge is 0.446 e. The number of hydrogen-bond acceptors (Lipinski definition) is 3. The Labute approximate surface area is 105 Å². The van der Waals surface area contributed by atoms with E-state index in [0.717, 1.165) is 6.07 Å². The average Bonchev–Trinajstić information content (AvgIpc) is 2.19. The van der Waals surface area contributed by atoms with E-state index in [4.69, 9.17) is 17.3 Å². The molecule has 0 bridgehead atoms. The third-order valence-electron chi connectivity index (χ3n) is 1.88. The van der Waals surface area contributed by atoms with Crippen LogP contribution in [0.2, 0.25) is 0 Å². The number of nitrogen functional groups attached to an aromatic ring is 1. The zero-order valence-electron chi connectivity index (χ0n) is 8.55. The summed E-state index contributed by atoms with van der Waals surface area (Å²) >= 11 is 5.06. The van der Waals surface area contributed by atoms with Crippen molar-refractivity contribution < 1.29 is 18.0 Å². The van der Waals surface area contributed by atoms with E-state index in [-0.39, 0.29) is 46.0 Å². The first-order valence-electron chi connectivity index (χ1n) is 4.58. The van der Waals surface area contributed by atoms with Gasteiger partial charge in [0.1, 0.15) is 0 Å². The lowest BCUT2D eigenvalue weighted by molar-refractivity contribution is -0.0328. The fraction of sp³-hybridized carbons (Fsp3) is 0.300. The molecule has 2 nitrogen and oxygen atoms in total. The predicted octanol–water partition coefficient (Wildman–Crippen LogP) is 3.69. The van der Waals surface area contributed by atoms with Crippen molar-refractivity contribution in [3.05, 3.63) is 23.8 Å². The van der Waals surface area contributed by atoms with Gasteiger partial charge in [0.2, 0.25) is 0 Å². The van der Waals surface area contributed by atoms with Crippen LogP contribution in [0.25, 0.3) is 0 Å². The van der Waals surface area contributed by atoms with Gasteiger partial charge >= 0.3 is 5.51 Å². The molecule has 7 heteroatoms. The molecule has 0 amide bonds. The molecule has 0 aromatic heterocycles. The molecule has 0 saturated heterocycles. The van der Waals surface area contributed by atoms with Crippen molar-refractivity contribution in [3.63, 3.8) is 0 Å². The Kier molecular flexibility index (Phi) is 4.70. The Morgan fingerprint density at radius 2 is 2.06 bits per heavy atom. The van der Waals surface area contributed by atoms with Crippen LogP contribution >= 0.6 is 23.4 Å². The summed E-state index contributed by atoms with van der Waals surface area (Å²) < 4.78 is 36.6. The van der Waals surface area contributed by atoms with Gasteiger partial charge in [-0.1, -0.05) is 0 Å². The number of Topliss-reactive ketones (excluding diaryl/α,β-unsaturated/α-hetero) is 1. The van der Waals surface area contributed by atoms with Crippen molar-refractivity contribution in [2.45, 2.75) is 16.8 Å².